The van der Waals surface area contributed by atoms with Gasteiger partial charge in [0.2, 0.25) is 0 Å². The van der Waals surface area contributed by atoms with Crippen molar-refractivity contribution < 1.29 is 8.83 Å². The van der Waals surface area contributed by atoms with E-state index in [9.17, 15) is 0 Å². The van der Waals surface area contributed by atoms with Crippen molar-refractivity contribution in [1.82, 2.24) is 19.9 Å². The van der Waals surface area contributed by atoms with Gasteiger partial charge < -0.3 is 8.83 Å². The number of nitrogens with zero attached hydrogens (tertiary/aromatic N) is 4. The van der Waals surface area contributed by atoms with Gasteiger partial charge in [-0.1, -0.05) is 194 Å². The number of para-hydroxylation sites is 2. The number of aromatic nitrogens is 4. The Balaban J connectivity index is 0.884. The Hall–Kier alpha value is -9.26. The van der Waals surface area contributed by atoms with Gasteiger partial charge in [-0.25, -0.2) is 19.9 Å². The van der Waals surface area contributed by atoms with Crippen molar-refractivity contribution in [2.45, 2.75) is 0 Å². The van der Waals surface area contributed by atoms with Crippen LogP contribution in [0.3, 0.4) is 0 Å². The topological polar surface area (TPSA) is 77.8 Å². The fourth-order valence-electron chi connectivity index (χ4n) is 9.38. The predicted molar refractivity (Wildman–Crippen MR) is 276 cm³/mol. The number of furan rings is 2. The number of rotatable bonds is 8. The Morgan fingerprint density at radius 1 is 0.235 bits per heavy atom. The van der Waals surface area contributed by atoms with Gasteiger partial charge in [0.05, 0.1) is 22.8 Å². The molecular weight excluding hydrogens is 833 g/mol. The molecule has 0 aliphatic carbocycles. The van der Waals surface area contributed by atoms with Crippen LogP contribution in [0.1, 0.15) is 0 Å². The Bertz CT molecular complexity index is 3640. The molecule has 68 heavy (non-hydrogen) atoms. The van der Waals surface area contributed by atoms with E-state index < -0.39 is 0 Å². The van der Waals surface area contributed by atoms with Gasteiger partial charge in [0, 0.05) is 72.1 Å². The van der Waals surface area contributed by atoms with Crippen molar-refractivity contribution in [2.24, 2.45) is 0 Å². The summed E-state index contributed by atoms with van der Waals surface area (Å²) in [6.45, 7) is 0. The highest BCUT2D eigenvalue weighted by Crippen LogP contribution is 2.43. The minimum Gasteiger partial charge on any atom is -0.455 e. The second-order valence-electron chi connectivity index (χ2n) is 17.0. The third kappa shape index (κ3) is 7.00. The normalized spacial score (nSPS) is 11.5. The molecule has 0 unspecified atom stereocenters. The van der Waals surface area contributed by atoms with Crippen LogP contribution in [-0.4, -0.2) is 19.9 Å². The maximum atomic E-state index is 6.80. The van der Waals surface area contributed by atoms with Crippen LogP contribution in [0, 0.1) is 0 Å². The maximum absolute atomic E-state index is 6.80. The van der Waals surface area contributed by atoms with E-state index in [0.717, 1.165) is 122 Å². The van der Waals surface area contributed by atoms with Gasteiger partial charge in [0.1, 0.15) is 22.3 Å². The van der Waals surface area contributed by atoms with E-state index in [4.69, 9.17) is 28.8 Å². The summed E-state index contributed by atoms with van der Waals surface area (Å²) in [7, 11) is 0. The van der Waals surface area contributed by atoms with E-state index in [2.05, 4.69) is 152 Å². The van der Waals surface area contributed by atoms with Crippen LogP contribution < -0.4 is 0 Å². The highest BCUT2D eigenvalue weighted by atomic mass is 16.3. The zero-order chi connectivity index (χ0) is 45.0. The van der Waals surface area contributed by atoms with Crippen molar-refractivity contribution in [3.8, 4) is 90.1 Å². The summed E-state index contributed by atoms with van der Waals surface area (Å²) in [6.07, 6.45) is 0. The molecule has 0 radical (unpaired) electrons. The quantitative estimate of drug-likeness (QED) is 0.151. The minimum atomic E-state index is 0.657. The van der Waals surface area contributed by atoms with Crippen LogP contribution in [0.5, 0.6) is 0 Å². The highest BCUT2D eigenvalue weighted by Gasteiger charge is 2.20. The van der Waals surface area contributed by atoms with Gasteiger partial charge in [-0.3, -0.25) is 0 Å². The van der Waals surface area contributed by atoms with Crippen LogP contribution in [0.15, 0.2) is 239 Å². The third-order valence-corrected chi connectivity index (χ3v) is 12.7. The summed E-state index contributed by atoms with van der Waals surface area (Å²) >= 11 is 0. The molecule has 0 amide bonds. The van der Waals surface area contributed by atoms with Crippen LogP contribution in [0.2, 0.25) is 0 Å². The molecule has 0 N–H and O–H groups in total. The average Bonchev–Trinajstić information content (AvgIpc) is 3.98. The second kappa shape index (κ2) is 16.3. The van der Waals surface area contributed by atoms with Gasteiger partial charge in [0.25, 0.3) is 0 Å². The molecule has 4 aromatic heterocycles. The Morgan fingerprint density at radius 3 is 0.926 bits per heavy atom. The predicted octanol–water partition coefficient (Wildman–Crippen LogP) is 16.4. The number of hydrogen-bond acceptors (Lipinski definition) is 6. The summed E-state index contributed by atoms with van der Waals surface area (Å²) in [5, 5.41) is 4.11. The lowest BCUT2D eigenvalue weighted by Crippen LogP contribution is -1.96. The van der Waals surface area contributed by atoms with Gasteiger partial charge in [-0.15, -0.1) is 0 Å². The lowest BCUT2D eigenvalue weighted by atomic mass is 9.98. The summed E-state index contributed by atoms with van der Waals surface area (Å²) in [5.74, 6) is 1.31. The summed E-state index contributed by atoms with van der Waals surface area (Å²) < 4.78 is 13.6. The third-order valence-electron chi connectivity index (χ3n) is 12.7. The smallest absolute Gasteiger partial charge is 0.160 e. The molecule has 0 bridgehead atoms. The summed E-state index contributed by atoms with van der Waals surface area (Å²) in [5.41, 5.74) is 16.6. The van der Waals surface area contributed by atoms with Crippen molar-refractivity contribution in [3.63, 3.8) is 0 Å². The molecule has 0 aliphatic heterocycles. The summed E-state index contributed by atoms with van der Waals surface area (Å²) in [6, 6.07) is 79.0. The van der Waals surface area contributed by atoms with Gasteiger partial charge in [0.15, 0.2) is 11.6 Å². The van der Waals surface area contributed by atoms with E-state index in [-0.39, 0.29) is 0 Å². The average molecular weight is 871 g/mol. The lowest BCUT2D eigenvalue weighted by Gasteiger charge is -2.10. The molecule has 0 fully saturated rings. The first kappa shape index (κ1) is 39.1. The molecule has 4 heterocycles. The molecule has 0 aliphatic rings. The lowest BCUT2D eigenvalue weighted by molar-refractivity contribution is 0.657. The van der Waals surface area contributed by atoms with Crippen molar-refractivity contribution >= 4 is 43.9 Å². The molecule has 0 saturated carbocycles. The Morgan fingerprint density at radius 2 is 0.559 bits per heavy atom. The van der Waals surface area contributed by atoms with Crippen LogP contribution >= 0.6 is 0 Å². The zero-order valence-electron chi connectivity index (χ0n) is 36.5. The molecule has 0 spiro atoms. The van der Waals surface area contributed by atoms with E-state index in [1.807, 2.05) is 78.9 Å². The maximum Gasteiger partial charge on any atom is 0.160 e. The first-order valence-corrected chi connectivity index (χ1v) is 22.7. The molecule has 6 nitrogen and oxygen atoms in total. The molecule has 9 aromatic carbocycles. The Labute approximate surface area is 391 Å². The van der Waals surface area contributed by atoms with E-state index in [0.29, 0.717) is 11.6 Å². The van der Waals surface area contributed by atoms with Crippen molar-refractivity contribution in [3.05, 3.63) is 231 Å². The van der Waals surface area contributed by atoms with Crippen molar-refractivity contribution in [1.29, 1.82) is 0 Å². The largest absolute Gasteiger partial charge is 0.455 e. The first-order chi connectivity index (χ1) is 33.7. The minimum absolute atomic E-state index is 0.657. The molecule has 0 atom stereocenters. The van der Waals surface area contributed by atoms with Gasteiger partial charge in [-0.2, -0.15) is 0 Å². The molecule has 13 aromatic rings. The molecule has 0 saturated heterocycles. The molecule has 13 rings (SSSR count). The van der Waals surface area contributed by atoms with Gasteiger partial charge >= 0.3 is 0 Å². The van der Waals surface area contributed by atoms with Crippen LogP contribution in [-0.2, 0) is 0 Å². The van der Waals surface area contributed by atoms with Crippen molar-refractivity contribution in [2.75, 3.05) is 0 Å². The highest BCUT2D eigenvalue weighted by molar-refractivity contribution is 6.18. The monoisotopic (exact) mass is 870 g/mol. The van der Waals surface area contributed by atoms with Crippen LogP contribution in [0.4, 0.5) is 0 Å². The molecule has 318 valence electrons. The number of hydrogen-bond donors (Lipinski definition) is 0. The van der Waals surface area contributed by atoms with Crippen LogP contribution in [0.25, 0.3) is 134 Å². The SMILES string of the molecule is c1ccc(-c2cc(-c3ccccc3)nc(-c3cccc(-c4cccc5c4oc4cc6oc7c(-c8cccc(-c9nc(-c%10ccccc%10)cc(-c%10ccccc%10)n9)c8)cccc7c6cc45)c3)n2)cc1. The second-order valence-corrected chi connectivity index (χ2v) is 17.0. The molecule has 6 heteroatoms. The molecular formula is C62H38N4O2. The Kier molecular flexibility index (Phi) is 9.39. The standard InChI is InChI=1S/C62H38N4O2/c1-5-17-39(18-6-1)53-36-54(40-19-7-2-8-20-40)64-61(63-53)45-27-13-25-43(33-45)47-29-15-31-49-51-35-52-50-32-16-30-48(60(50)68-58(52)38-57(51)67-59(47)49)44-26-14-28-46(34-44)62-65-55(41-21-9-3-10-22-41)37-56(66-62)42-23-11-4-12-24-42/h1-38H. The van der Waals surface area contributed by atoms with Gasteiger partial charge in [-0.05, 0) is 41.5 Å². The number of benzene rings is 9. The zero-order valence-corrected chi connectivity index (χ0v) is 36.5. The first-order valence-electron chi connectivity index (χ1n) is 22.7. The van der Waals surface area contributed by atoms with E-state index in [1.165, 1.54) is 0 Å². The number of fused-ring (bicyclic) bond motifs is 6. The van der Waals surface area contributed by atoms with E-state index >= 15 is 0 Å². The fraction of sp³-hybridized carbons (Fsp3) is 0. The fourth-order valence-corrected chi connectivity index (χ4v) is 9.38. The van der Waals surface area contributed by atoms with E-state index in [1.54, 1.807) is 0 Å². The summed E-state index contributed by atoms with van der Waals surface area (Å²) in [4.78, 5) is 20.4.